The number of nitrogens with one attached hydrogen (secondary N) is 2. The summed E-state index contributed by atoms with van der Waals surface area (Å²) in [5.74, 6) is 0. The van der Waals surface area contributed by atoms with E-state index in [1.165, 1.54) is 0 Å². The van der Waals surface area contributed by atoms with Gasteiger partial charge in [0, 0.05) is 37.6 Å². The van der Waals surface area contributed by atoms with Gasteiger partial charge in [-0.3, -0.25) is 5.43 Å². The Balaban J connectivity index is 1.82. The van der Waals surface area contributed by atoms with Crippen molar-refractivity contribution in [3.63, 3.8) is 0 Å². The zero-order chi connectivity index (χ0) is 13.0. The summed E-state index contributed by atoms with van der Waals surface area (Å²) in [5, 5.41) is 4.67. The third-order valence-corrected chi connectivity index (χ3v) is 2.91. The highest BCUT2D eigenvalue weighted by Gasteiger charge is 2.15. The van der Waals surface area contributed by atoms with Gasteiger partial charge in [0.2, 0.25) is 0 Å². The molecule has 1 aliphatic heterocycles. The number of hydrogen-bond donors (Lipinski definition) is 3. The fourth-order valence-corrected chi connectivity index (χ4v) is 1.84. The summed E-state index contributed by atoms with van der Waals surface area (Å²) in [6.45, 7) is 3.58. The van der Waals surface area contributed by atoms with E-state index in [2.05, 4.69) is 22.7 Å². The van der Waals surface area contributed by atoms with Crippen LogP contribution < -0.4 is 16.5 Å². The Morgan fingerprint density at radius 3 is 2.67 bits per heavy atom. The van der Waals surface area contributed by atoms with Gasteiger partial charge in [0.05, 0.1) is 0 Å². The number of nitrogens with zero attached hydrogens (tertiary/aromatic N) is 2. The predicted octanol–water partition coefficient (Wildman–Crippen LogP) is 0.553. The lowest BCUT2D eigenvalue weighted by Gasteiger charge is -2.32. The molecular weight excluding hydrogens is 230 g/mol. The van der Waals surface area contributed by atoms with Crippen molar-refractivity contribution in [3.05, 3.63) is 24.3 Å². The lowest BCUT2D eigenvalue weighted by Crippen LogP contribution is -2.53. The molecule has 1 heterocycles. The molecule has 2 rings (SSSR count). The van der Waals surface area contributed by atoms with Crippen molar-refractivity contribution in [2.75, 3.05) is 44.3 Å². The zero-order valence-corrected chi connectivity index (χ0v) is 10.5. The molecule has 0 saturated carbocycles. The van der Waals surface area contributed by atoms with Crippen LogP contribution in [0.15, 0.2) is 24.3 Å². The first-order valence-corrected chi connectivity index (χ1v) is 6.00. The van der Waals surface area contributed by atoms with Crippen LogP contribution in [0, 0.1) is 0 Å². The molecule has 0 aromatic heterocycles. The second-order valence-corrected chi connectivity index (χ2v) is 4.48. The minimum atomic E-state index is -0.231. The average Bonchev–Trinajstić information content (AvgIpc) is 2.32. The summed E-state index contributed by atoms with van der Waals surface area (Å²) >= 11 is 0. The van der Waals surface area contributed by atoms with Crippen LogP contribution in [0.2, 0.25) is 0 Å². The Kier molecular flexibility index (Phi) is 4.01. The van der Waals surface area contributed by atoms with Gasteiger partial charge < -0.3 is 16.0 Å². The number of amides is 2. The van der Waals surface area contributed by atoms with Gasteiger partial charge in [-0.2, -0.15) is 0 Å². The van der Waals surface area contributed by atoms with Crippen molar-refractivity contribution in [3.8, 4) is 0 Å². The summed E-state index contributed by atoms with van der Waals surface area (Å²) in [6, 6.07) is 6.89. The number of nitrogen functional groups attached to an aromatic ring is 1. The molecule has 0 radical (unpaired) electrons. The number of likely N-dealkylation sites (N-methyl/N-ethyl adjacent to an activating group) is 1. The smallest absolute Gasteiger partial charge is 0.333 e. The van der Waals surface area contributed by atoms with E-state index in [1.54, 1.807) is 24.3 Å². The topological polar surface area (TPSA) is 73.6 Å². The maximum absolute atomic E-state index is 11.8. The van der Waals surface area contributed by atoms with Crippen LogP contribution in [0.3, 0.4) is 0 Å². The zero-order valence-electron chi connectivity index (χ0n) is 10.5. The molecule has 1 aromatic carbocycles. The predicted molar refractivity (Wildman–Crippen MR) is 72.1 cm³/mol. The summed E-state index contributed by atoms with van der Waals surface area (Å²) in [6.07, 6.45) is 0. The van der Waals surface area contributed by atoms with Crippen molar-refractivity contribution in [2.24, 2.45) is 0 Å². The van der Waals surface area contributed by atoms with E-state index in [1.807, 2.05) is 5.01 Å². The molecule has 6 heteroatoms. The van der Waals surface area contributed by atoms with Crippen molar-refractivity contribution < 1.29 is 4.79 Å². The fraction of sp³-hybridized carbons (Fsp3) is 0.417. The van der Waals surface area contributed by atoms with Gasteiger partial charge in [0.25, 0.3) is 0 Å². The molecule has 18 heavy (non-hydrogen) atoms. The van der Waals surface area contributed by atoms with Crippen LogP contribution in [0.25, 0.3) is 0 Å². The monoisotopic (exact) mass is 249 g/mol. The Morgan fingerprint density at radius 2 is 2.00 bits per heavy atom. The molecule has 2 amide bonds. The van der Waals surface area contributed by atoms with Gasteiger partial charge in [0.15, 0.2) is 0 Å². The minimum absolute atomic E-state index is 0.231. The number of carbonyl (C=O) groups excluding carboxylic acids is 1. The first-order valence-electron chi connectivity index (χ1n) is 6.00. The number of anilines is 2. The van der Waals surface area contributed by atoms with E-state index in [9.17, 15) is 4.79 Å². The van der Waals surface area contributed by atoms with Crippen LogP contribution in [-0.2, 0) is 0 Å². The van der Waals surface area contributed by atoms with Crippen LogP contribution in [0.4, 0.5) is 16.2 Å². The van der Waals surface area contributed by atoms with Crippen molar-refractivity contribution in [1.29, 1.82) is 0 Å². The van der Waals surface area contributed by atoms with Gasteiger partial charge in [-0.05, 0) is 25.2 Å². The first kappa shape index (κ1) is 12.7. The quantitative estimate of drug-likeness (QED) is 0.669. The van der Waals surface area contributed by atoms with E-state index in [0.717, 1.165) is 26.2 Å². The summed E-state index contributed by atoms with van der Waals surface area (Å²) in [5.41, 5.74) is 9.80. The molecule has 4 N–H and O–H groups in total. The number of hydrazine groups is 1. The van der Waals surface area contributed by atoms with E-state index in [-0.39, 0.29) is 6.03 Å². The van der Waals surface area contributed by atoms with Crippen LogP contribution >= 0.6 is 0 Å². The number of benzene rings is 1. The average molecular weight is 249 g/mol. The Labute approximate surface area is 107 Å². The van der Waals surface area contributed by atoms with Gasteiger partial charge >= 0.3 is 6.03 Å². The summed E-state index contributed by atoms with van der Waals surface area (Å²) in [4.78, 5) is 14.0. The Morgan fingerprint density at radius 1 is 1.28 bits per heavy atom. The Hall–Kier alpha value is -1.79. The number of carbonyl (C=O) groups is 1. The molecule has 98 valence electrons. The summed E-state index contributed by atoms with van der Waals surface area (Å²) in [7, 11) is 2.07. The van der Waals surface area contributed by atoms with Crippen LogP contribution in [0.5, 0.6) is 0 Å². The SMILES string of the molecule is CN1CCN(NC(=O)Nc2cccc(N)c2)CC1. The second kappa shape index (κ2) is 5.70. The molecule has 1 aliphatic rings. The van der Waals surface area contributed by atoms with Crippen LogP contribution in [-0.4, -0.2) is 49.2 Å². The fourth-order valence-electron chi connectivity index (χ4n) is 1.84. The maximum atomic E-state index is 11.8. The van der Waals surface area contributed by atoms with Crippen LogP contribution in [0.1, 0.15) is 0 Å². The van der Waals surface area contributed by atoms with Crippen molar-refractivity contribution in [2.45, 2.75) is 0 Å². The van der Waals surface area contributed by atoms with Gasteiger partial charge in [0.1, 0.15) is 0 Å². The van der Waals surface area contributed by atoms with Crippen molar-refractivity contribution >= 4 is 17.4 Å². The third-order valence-electron chi connectivity index (χ3n) is 2.91. The normalized spacial score (nSPS) is 17.4. The number of rotatable bonds is 2. The number of nitrogens with two attached hydrogens (primary N) is 1. The van der Waals surface area contributed by atoms with Gasteiger partial charge in [-0.25, -0.2) is 9.80 Å². The molecule has 0 atom stereocenters. The van der Waals surface area contributed by atoms with E-state index in [4.69, 9.17) is 5.73 Å². The maximum Gasteiger partial charge on any atom is 0.333 e. The molecule has 1 aromatic rings. The third kappa shape index (κ3) is 3.61. The lowest BCUT2D eigenvalue weighted by molar-refractivity contribution is 0.116. The molecule has 1 fully saturated rings. The Bertz CT molecular complexity index is 415. The molecule has 0 bridgehead atoms. The molecule has 0 unspecified atom stereocenters. The van der Waals surface area contributed by atoms with Crippen molar-refractivity contribution in [1.82, 2.24) is 15.3 Å². The molecule has 6 nitrogen and oxygen atoms in total. The van der Waals surface area contributed by atoms with E-state index >= 15 is 0 Å². The largest absolute Gasteiger partial charge is 0.399 e. The molecule has 0 spiro atoms. The lowest BCUT2D eigenvalue weighted by atomic mass is 10.3. The first-order chi connectivity index (χ1) is 8.63. The second-order valence-electron chi connectivity index (χ2n) is 4.48. The standard InChI is InChI=1S/C12H19N5O/c1-16-5-7-17(8-6-16)15-12(18)14-11-4-2-3-10(13)9-11/h2-4,9H,5-8,13H2,1H3,(H2,14,15,18). The molecule has 0 aliphatic carbocycles. The molecule has 1 saturated heterocycles. The number of hydrogen-bond acceptors (Lipinski definition) is 4. The van der Waals surface area contributed by atoms with Gasteiger partial charge in [-0.15, -0.1) is 0 Å². The number of piperazine rings is 1. The highest BCUT2D eigenvalue weighted by atomic mass is 16.2. The number of urea groups is 1. The van der Waals surface area contributed by atoms with E-state index in [0.29, 0.717) is 11.4 Å². The highest BCUT2D eigenvalue weighted by Crippen LogP contribution is 2.11. The summed E-state index contributed by atoms with van der Waals surface area (Å²) < 4.78 is 0. The molecular formula is C12H19N5O. The van der Waals surface area contributed by atoms with Gasteiger partial charge in [-0.1, -0.05) is 6.07 Å². The highest BCUT2D eigenvalue weighted by molar-refractivity contribution is 5.89. The minimum Gasteiger partial charge on any atom is -0.399 e. The van der Waals surface area contributed by atoms with E-state index < -0.39 is 0 Å².